The normalized spacial score (nSPS) is 44.5. The number of ether oxygens (including phenoxy) is 1. The number of carbonyl (C=O) groups is 1. The second-order valence-electron chi connectivity index (χ2n) is 10.8. The van der Waals surface area contributed by atoms with Crippen molar-refractivity contribution < 1.29 is 9.53 Å². The van der Waals surface area contributed by atoms with Gasteiger partial charge >= 0.3 is 5.97 Å². The summed E-state index contributed by atoms with van der Waals surface area (Å²) in [4.78, 5) is 11.6. The standard InChI is InChI=1S/C25H40O2/c1-17(8-13-23(26)27-4)20-11-12-21-19-10-9-18-7-5-6-15-24(18,2)22(19)14-16-25(20,21)3/h14,17-21H,5-13,15-16H2,1-4H3/t17-,18+,19?,20?,21?,24+,25-/m1/s1. The summed E-state index contributed by atoms with van der Waals surface area (Å²) in [6, 6.07) is 0. The largest absolute Gasteiger partial charge is 0.469 e. The summed E-state index contributed by atoms with van der Waals surface area (Å²) in [5, 5.41) is 0. The third kappa shape index (κ3) is 3.10. The zero-order valence-electron chi connectivity index (χ0n) is 18.1. The molecule has 0 aromatic carbocycles. The van der Waals surface area contributed by atoms with Crippen LogP contribution in [0.5, 0.6) is 0 Å². The molecule has 0 heterocycles. The van der Waals surface area contributed by atoms with Crippen molar-refractivity contribution in [2.24, 2.45) is 40.4 Å². The van der Waals surface area contributed by atoms with Gasteiger partial charge in [-0.05, 0) is 91.8 Å². The first-order chi connectivity index (χ1) is 12.9. The lowest BCUT2D eigenvalue weighted by Crippen LogP contribution is -2.47. The van der Waals surface area contributed by atoms with E-state index in [-0.39, 0.29) is 5.97 Å². The van der Waals surface area contributed by atoms with Crippen molar-refractivity contribution >= 4 is 5.97 Å². The van der Waals surface area contributed by atoms with Gasteiger partial charge in [0.15, 0.2) is 0 Å². The molecule has 3 unspecified atom stereocenters. The third-order valence-corrected chi connectivity index (χ3v) is 9.73. The summed E-state index contributed by atoms with van der Waals surface area (Å²) in [6.45, 7) is 7.59. The molecule has 0 N–H and O–H groups in total. The highest BCUT2D eigenvalue weighted by Gasteiger charge is 2.57. The van der Waals surface area contributed by atoms with E-state index in [9.17, 15) is 4.79 Å². The maximum absolute atomic E-state index is 11.6. The number of allylic oxidation sites excluding steroid dienone is 2. The number of hydrogen-bond acceptors (Lipinski definition) is 2. The van der Waals surface area contributed by atoms with Crippen molar-refractivity contribution in [3.05, 3.63) is 11.6 Å². The Morgan fingerprint density at radius 2 is 2.00 bits per heavy atom. The average molecular weight is 373 g/mol. The number of carbonyl (C=O) groups excluding carboxylic acids is 1. The molecule has 7 atom stereocenters. The van der Waals surface area contributed by atoms with Crippen LogP contribution in [-0.2, 0) is 9.53 Å². The average Bonchev–Trinajstić information content (AvgIpc) is 3.02. The van der Waals surface area contributed by atoms with Gasteiger partial charge in [-0.1, -0.05) is 45.3 Å². The van der Waals surface area contributed by atoms with Crippen LogP contribution in [0.4, 0.5) is 0 Å². The third-order valence-electron chi connectivity index (χ3n) is 9.73. The number of rotatable bonds is 4. The van der Waals surface area contributed by atoms with E-state index in [4.69, 9.17) is 4.74 Å². The van der Waals surface area contributed by atoms with E-state index < -0.39 is 0 Å². The zero-order valence-corrected chi connectivity index (χ0v) is 18.1. The van der Waals surface area contributed by atoms with E-state index in [0.29, 0.717) is 23.2 Å². The topological polar surface area (TPSA) is 26.3 Å². The summed E-state index contributed by atoms with van der Waals surface area (Å²) in [5.74, 6) is 4.02. The summed E-state index contributed by atoms with van der Waals surface area (Å²) in [6.07, 6.45) is 17.0. The first-order valence-corrected chi connectivity index (χ1v) is 11.7. The first kappa shape index (κ1) is 19.5. The van der Waals surface area contributed by atoms with Gasteiger partial charge in [-0.15, -0.1) is 0 Å². The van der Waals surface area contributed by atoms with Crippen LogP contribution in [0, 0.1) is 40.4 Å². The highest BCUT2D eigenvalue weighted by Crippen LogP contribution is 2.66. The second-order valence-corrected chi connectivity index (χ2v) is 10.8. The lowest BCUT2D eigenvalue weighted by molar-refractivity contribution is -0.141. The minimum absolute atomic E-state index is 0.0454. The molecule has 2 nitrogen and oxygen atoms in total. The number of fused-ring (bicyclic) bond motifs is 5. The van der Waals surface area contributed by atoms with Crippen LogP contribution in [0.2, 0.25) is 0 Å². The van der Waals surface area contributed by atoms with Gasteiger partial charge in [0, 0.05) is 6.42 Å². The van der Waals surface area contributed by atoms with Crippen LogP contribution in [-0.4, -0.2) is 13.1 Å². The van der Waals surface area contributed by atoms with Crippen molar-refractivity contribution in [3.63, 3.8) is 0 Å². The molecule has 4 aliphatic rings. The summed E-state index contributed by atoms with van der Waals surface area (Å²) >= 11 is 0. The van der Waals surface area contributed by atoms with Crippen molar-refractivity contribution in [2.75, 3.05) is 7.11 Å². The Balaban J connectivity index is 1.54. The molecule has 2 heteroatoms. The highest BCUT2D eigenvalue weighted by molar-refractivity contribution is 5.69. The Labute approximate surface area is 166 Å². The van der Waals surface area contributed by atoms with Gasteiger partial charge in [0.2, 0.25) is 0 Å². The summed E-state index contributed by atoms with van der Waals surface area (Å²) in [7, 11) is 1.51. The fourth-order valence-electron chi connectivity index (χ4n) is 8.18. The van der Waals surface area contributed by atoms with Crippen LogP contribution in [0.25, 0.3) is 0 Å². The fraction of sp³-hybridized carbons (Fsp3) is 0.880. The molecule has 152 valence electrons. The van der Waals surface area contributed by atoms with Crippen molar-refractivity contribution in [3.8, 4) is 0 Å². The first-order valence-electron chi connectivity index (χ1n) is 11.7. The molecule has 0 spiro atoms. The predicted octanol–water partition coefficient (Wildman–Crippen LogP) is 6.54. The minimum atomic E-state index is -0.0454. The van der Waals surface area contributed by atoms with E-state index in [2.05, 4.69) is 26.8 Å². The van der Waals surface area contributed by atoms with Gasteiger partial charge in [-0.25, -0.2) is 0 Å². The molecule has 0 aliphatic heterocycles. The molecule has 0 aromatic rings. The Kier molecular flexibility index (Phi) is 5.23. The molecule has 27 heavy (non-hydrogen) atoms. The van der Waals surface area contributed by atoms with E-state index in [1.54, 1.807) is 0 Å². The predicted molar refractivity (Wildman–Crippen MR) is 110 cm³/mol. The smallest absolute Gasteiger partial charge is 0.305 e. The highest BCUT2D eigenvalue weighted by atomic mass is 16.5. The quantitative estimate of drug-likeness (QED) is 0.413. The molecule has 0 aromatic heterocycles. The lowest BCUT2D eigenvalue weighted by Gasteiger charge is -2.56. The molecule has 0 bridgehead atoms. The van der Waals surface area contributed by atoms with E-state index in [1.165, 1.54) is 64.9 Å². The molecule has 0 radical (unpaired) electrons. The molecule has 4 aliphatic carbocycles. The Bertz CT molecular complexity index is 607. The fourth-order valence-corrected chi connectivity index (χ4v) is 8.18. The lowest BCUT2D eigenvalue weighted by atomic mass is 9.48. The van der Waals surface area contributed by atoms with Crippen molar-refractivity contribution in [2.45, 2.75) is 91.4 Å². The summed E-state index contributed by atoms with van der Waals surface area (Å²) in [5.41, 5.74) is 2.84. The number of hydrogen-bond donors (Lipinski definition) is 0. The number of esters is 1. The van der Waals surface area contributed by atoms with Gasteiger partial charge in [0.05, 0.1) is 7.11 Å². The van der Waals surface area contributed by atoms with Crippen LogP contribution in [0.1, 0.15) is 91.4 Å². The van der Waals surface area contributed by atoms with Gasteiger partial charge < -0.3 is 4.74 Å². The van der Waals surface area contributed by atoms with Crippen molar-refractivity contribution in [1.29, 1.82) is 0 Å². The van der Waals surface area contributed by atoms with Gasteiger partial charge in [-0.2, -0.15) is 0 Å². The Morgan fingerprint density at radius 3 is 2.78 bits per heavy atom. The van der Waals surface area contributed by atoms with Crippen LogP contribution < -0.4 is 0 Å². The molecular formula is C25H40O2. The molecule has 3 fully saturated rings. The minimum Gasteiger partial charge on any atom is -0.469 e. The molecule has 0 amide bonds. The van der Waals surface area contributed by atoms with Gasteiger partial charge in [-0.3, -0.25) is 4.79 Å². The van der Waals surface area contributed by atoms with Crippen molar-refractivity contribution in [1.82, 2.24) is 0 Å². The zero-order chi connectivity index (χ0) is 19.2. The van der Waals surface area contributed by atoms with Gasteiger partial charge in [0.25, 0.3) is 0 Å². The second kappa shape index (κ2) is 7.23. The molecular weight excluding hydrogens is 332 g/mol. The van der Waals surface area contributed by atoms with Crippen LogP contribution in [0.3, 0.4) is 0 Å². The SMILES string of the molecule is COC(=O)CC[C@@H](C)C1CCC2C3CC[C@@H]4CCCC[C@]4(C)C3=CC[C@@]21C. The molecule has 0 saturated heterocycles. The maximum atomic E-state index is 11.6. The Morgan fingerprint density at radius 1 is 1.19 bits per heavy atom. The van der Waals surface area contributed by atoms with Crippen LogP contribution in [0.15, 0.2) is 11.6 Å². The Hall–Kier alpha value is -0.790. The maximum Gasteiger partial charge on any atom is 0.305 e. The number of methoxy groups -OCH3 is 1. The van der Waals surface area contributed by atoms with E-state index in [0.717, 1.165) is 30.1 Å². The molecule has 3 saturated carbocycles. The van der Waals surface area contributed by atoms with E-state index >= 15 is 0 Å². The summed E-state index contributed by atoms with van der Waals surface area (Å²) < 4.78 is 4.88. The van der Waals surface area contributed by atoms with Gasteiger partial charge in [0.1, 0.15) is 0 Å². The van der Waals surface area contributed by atoms with Crippen LogP contribution >= 0.6 is 0 Å². The monoisotopic (exact) mass is 372 g/mol. The van der Waals surface area contributed by atoms with E-state index in [1.807, 2.05) is 5.57 Å². The molecule has 4 rings (SSSR count).